The molecule has 0 fully saturated rings. The van der Waals surface area contributed by atoms with Crippen LogP contribution < -0.4 is 10.1 Å². The number of pyridine rings is 1. The Morgan fingerprint density at radius 1 is 1.35 bits per heavy atom. The van der Waals surface area contributed by atoms with E-state index in [0.717, 1.165) is 5.56 Å². The van der Waals surface area contributed by atoms with Crippen LogP contribution in [-0.4, -0.2) is 31.4 Å². The Morgan fingerprint density at radius 2 is 2.16 bits per heavy atom. The lowest BCUT2D eigenvalue weighted by atomic mass is 10.2. The van der Waals surface area contributed by atoms with Crippen LogP contribution in [0.15, 0.2) is 54.3 Å². The van der Waals surface area contributed by atoms with Gasteiger partial charge in [-0.1, -0.05) is 47.1 Å². The molecule has 0 aliphatic rings. The van der Waals surface area contributed by atoms with Crippen molar-refractivity contribution in [2.45, 2.75) is 31.7 Å². The van der Waals surface area contributed by atoms with Crippen molar-refractivity contribution in [3.63, 3.8) is 0 Å². The number of nitrogens with zero attached hydrogens (tertiary/aromatic N) is 4. The van der Waals surface area contributed by atoms with Crippen molar-refractivity contribution in [1.82, 2.24) is 19.7 Å². The second-order valence-corrected chi connectivity index (χ2v) is 8.32. The third-order valence-electron chi connectivity index (χ3n) is 4.18. The molecule has 7 nitrogen and oxygen atoms in total. The molecule has 1 aromatic carbocycles. The van der Waals surface area contributed by atoms with Crippen LogP contribution in [0.5, 0.6) is 5.75 Å². The molecule has 0 aliphatic heterocycles. The van der Waals surface area contributed by atoms with Crippen molar-refractivity contribution in [1.29, 1.82) is 0 Å². The van der Waals surface area contributed by atoms with Crippen molar-refractivity contribution in [2.75, 3.05) is 11.1 Å². The number of aryl methyl sites for hydroxylation is 1. The first-order valence-corrected chi connectivity index (χ1v) is 11.1. The van der Waals surface area contributed by atoms with Gasteiger partial charge in [0.1, 0.15) is 5.75 Å². The highest BCUT2D eigenvalue weighted by Crippen LogP contribution is 2.30. The molecule has 0 saturated carbocycles. The molecule has 0 bridgehead atoms. The van der Waals surface area contributed by atoms with Crippen LogP contribution in [0, 0.1) is 6.92 Å². The fourth-order valence-corrected chi connectivity index (χ4v) is 3.83. The van der Waals surface area contributed by atoms with Gasteiger partial charge in [0.05, 0.1) is 16.5 Å². The van der Waals surface area contributed by atoms with Crippen LogP contribution in [0.2, 0.25) is 10.2 Å². The number of carbonyl (C=O) groups excluding carboxylic acids is 1. The minimum absolute atomic E-state index is 0.124. The maximum absolute atomic E-state index is 12.3. The molecule has 0 spiro atoms. The Hall–Kier alpha value is -2.55. The smallest absolute Gasteiger partial charge is 0.234 e. The van der Waals surface area contributed by atoms with Crippen molar-refractivity contribution >= 4 is 46.6 Å². The number of allylic oxidation sites excluding steroid dienone is 1. The van der Waals surface area contributed by atoms with Gasteiger partial charge in [-0.25, -0.2) is 4.98 Å². The predicted octanol–water partition coefficient (Wildman–Crippen LogP) is 5.35. The van der Waals surface area contributed by atoms with E-state index in [1.165, 1.54) is 11.8 Å². The normalized spacial score (nSPS) is 11.7. The second kappa shape index (κ2) is 10.7. The lowest BCUT2D eigenvalue weighted by molar-refractivity contribution is -0.113. The summed E-state index contributed by atoms with van der Waals surface area (Å²) in [6, 6.07) is 8.96. The van der Waals surface area contributed by atoms with Crippen molar-refractivity contribution in [3.05, 3.63) is 70.7 Å². The number of anilines is 1. The number of hydrogen-bond donors (Lipinski definition) is 1. The number of thioether (sulfide) groups is 1. The van der Waals surface area contributed by atoms with Gasteiger partial charge in [0.25, 0.3) is 0 Å². The fraction of sp³-hybridized carbons (Fsp3) is 0.238. The monoisotopic (exact) mass is 477 g/mol. The van der Waals surface area contributed by atoms with Crippen LogP contribution >= 0.6 is 35.0 Å². The van der Waals surface area contributed by atoms with Gasteiger partial charge in [-0.3, -0.25) is 9.36 Å². The van der Waals surface area contributed by atoms with E-state index in [9.17, 15) is 4.79 Å². The zero-order valence-electron chi connectivity index (χ0n) is 17.0. The Bertz CT molecular complexity index is 1090. The number of rotatable bonds is 9. The van der Waals surface area contributed by atoms with Crippen LogP contribution in [0.3, 0.4) is 0 Å². The largest absolute Gasteiger partial charge is 0.481 e. The standard InChI is InChI=1S/C21H21Cl2N5O2S/c1-4-10-28-20(14(3)30-17-11-13(2)7-8-15(17)22)26-27-21(28)31-12-18(29)25-16-6-5-9-24-19(16)23/h4-9,11,14H,1,10,12H2,2-3H3,(H,25,29). The van der Waals surface area contributed by atoms with E-state index in [4.69, 9.17) is 27.9 Å². The predicted molar refractivity (Wildman–Crippen MR) is 124 cm³/mol. The molecule has 3 rings (SSSR count). The van der Waals surface area contributed by atoms with E-state index in [0.29, 0.717) is 34.0 Å². The molecule has 2 aromatic heterocycles. The van der Waals surface area contributed by atoms with Gasteiger partial charge >= 0.3 is 0 Å². The average Bonchev–Trinajstić information content (AvgIpc) is 3.14. The number of benzene rings is 1. The third-order valence-corrected chi connectivity index (χ3v) is 5.76. The van der Waals surface area contributed by atoms with Gasteiger partial charge in [-0.15, -0.1) is 16.8 Å². The lowest BCUT2D eigenvalue weighted by Crippen LogP contribution is -2.16. The van der Waals surface area contributed by atoms with Gasteiger partial charge in [0.15, 0.2) is 22.2 Å². The highest BCUT2D eigenvalue weighted by molar-refractivity contribution is 7.99. The zero-order chi connectivity index (χ0) is 22.4. The van der Waals surface area contributed by atoms with Crippen molar-refractivity contribution in [2.24, 2.45) is 0 Å². The molecule has 0 aliphatic carbocycles. The number of amides is 1. The first-order chi connectivity index (χ1) is 14.9. The van der Waals surface area contributed by atoms with E-state index in [1.807, 2.05) is 30.5 Å². The van der Waals surface area contributed by atoms with Crippen LogP contribution in [0.25, 0.3) is 0 Å². The minimum atomic E-state index is -0.413. The van der Waals surface area contributed by atoms with Gasteiger partial charge in [-0.2, -0.15) is 0 Å². The quantitative estimate of drug-likeness (QED) is 0.254. The molecule has 31 heavy (non-hydrogen) atoms. The van der Waals surface area contributed by atoms with Crippen molar-refractivity contribution < 1.29 is 9.53 Å². The van der Waals surface area contributed by atoms with Crippen LogP contribution in [0.1, 0.15) is 24.4 Å². The first-order valence-electron chi connectivity index (χ1n) is 9.39. The minimum Gasteiger partial charge on any atom is -0.481 e. The Balaban J connectivity index is 1.70. The third kappa shape index (κ3) is 6.00. The second-order valence-electron chi connectivity index (χ2n) is 6.61. The van der Waals surface area contributed by atoms with Gasteiger partial charge in [0.2, 0.25) is 5.91 Å². The molecule has 1 unspecified atom stereocenters. The summed E-state index contributed by atoms with van der Waals surface area (Å²) in [6.45, 7) is 8.10. The summed E-state index contributed by atoms with van der Waals surface area (Å²) in [5.74, 6) is 1.07. The van der Waals surface area contributed by atoms with Gasteiger partial charge in [0, 0.05) is 12.7 Å². The van der Waals surface area contributed by atoms with E-state index in [2.05, 4.69) is 27.1 Å². The first kappa shape index (κ1) is 23.1. The highest BCUT2D eigenvalue weighted by Gasteiger charge is 2.20. The van der Waals surface area contributed by atoms with E-state index in [-0.39, 0.29) is 16.8 Å². The number of carbonyl (C=O) groups is 1. The van der Waals surface area contributed by atoms with Crippen molar-refractivity contribution in [3.8, 4) is 5.75 Å². The molecular weight excluding hydrogens is 457 g/mol. The summed E-state index contributed by atoms with van der Waals surface area (Å²) in [6.07, 6.45) is 2.88. The number of aromatic nitrogens is 4. The SMILES string of the molecule is C=CCn1c(SCC(=O)Nc2cccnc2Cl)nnc1C(C)Oc1cc(C)ccc1Cl. The number of hydrogen-bond acceptors (Lipinski definition) is 6. The molecule has 1 N–H and O–H groups in total. The molecule has 1 atom stereocenters. The Morgan fingerprint density at radius 3 is 2.90 bits per heavy atom. The molecule has 162 valence electrons. The summed E-state index contributed by atoms with van der Waals surface area (Å²) in [5, 5.41) is 12.6. The molecule has 0 radical (unpaired) electrons. The Labute approximate surface area is 194 Å². The summed E-state index contributed by atoms with van der Waals surface area (Å²) < 4.78 is 7.89. The van der Waals surface area contributed by atoms with Crippen LogP contribution in [-0.2, 0) is 11.3 Å². The summed E-state index contributed by atoms with van der Waals surface area (Å²) in [5.41, 5.74) is 1.50. The molecule has 2 heterocycles. The van der Waals surface area contributed by atoms with Gasteiger partial charge in [-0.05, 0) is 43.7 Å². The molecule has 3 aromatic rings. The summed E-state index contributed by atoms with van der Waals surface area (Å²) >= 11 is 13.5. The molecule has 10 heteroatoms. The Kier molecular flexibility index (Phi) is 7.95. The zero-order valence-corrected chi connectivity index (χ0v) is 19.3. The molecule has 0 saturated heterocycles. The lowest BCUT2D eigenvalue weighted by Gasteiger charge is -2.17. The topological polar surface area (TPSA) is 81.9 Å². The number of ether oxygens (including phenoxy) is 1. The summed E-state index contributed by atoms with van der Waals surface area (Å²) in [7, 11) is 0. The van der Waals surface area contributed by atoms with E-state index in [1.54, 1.807) is 30.5 Å². The average molecular weight is 478 g/mol. The number of halogens is 2. The van der Waals surface area contributed by atoms with E-state index >= 15 is 0 Å². The van der Waals surface area contributed by atoms with Crippen LogP contribution in [0.4, 0.5) is 5.69 Å². The molecule has 1 amide bonds. The fourth-order valence-electron chi connectivity index (χ4n) is 2.75. The van der Waals surface area contributed by atoms with E-state index < -0.39 is 6.10 Å². The number of nitrogens with one attached hydrogen (secondary N) is 1. The maximum atomic E-state index is 12.3. The summed E-state index contributed by atoms with van der Waals surface area (Å²) in [4.78, 5) is 16.3. The maximum Gasteiger partial charge on any atom is 0.234 e. The molecular formula is C21H21Cl2N5O2S. The highest BCUT2D eigenvalue weighted by atomic mass is 35.5. The van der Waals surface area contributed by atoms with Gasteiger partial charge < -0.3 is 10.1 Å².